The highest BCUT2D eigenvalue weighted by Gasteiger charge is 2.25. The van der Waals surface area contributed by atoms with Gasteiger partial charge in [0.05, 0.1) is 6.54 Å². The van der Waals surface area contributed by atoms with Crippen molar-refractivity contribution in [2.45, 2.75) is 44.7 Å². The minimum absolute atomic E-state index is 0.220. The Kier molecular flexibility index (Phi) is 4.78. The Labute approximate surface area is 113 Å². The van der Waals surface area contributed by atoms with Crippen LogP contribution in [-0.4, -0.2) is 23.9 Å². The smallest absolute Gasteiger partial charge is 0.222 e. The lowest BCUT2D eigenvalue weighted by Crippen LogP contribution is -2.37. The van der Waals surface area contributed by atoms with Gasteiger partial charge < -0.3 is 10.6 Å². The van der Waals surface area contributed by atoms with Crippen LogP contribution in [0.4, 0.5) is 0 Å². The summed E-state index contributed by atoms with van der Waals surface area (Å²) >= 11 is 1.70. The fourth-order valence-electron chi connectivity index (χ4n) is 2.59. The van der Waals surface area contributed by atoms with E-state index in [1.807, 2.05) is 23.4 Å². The Morgan fingerprint density at radius 2 is 2.28 bits per heavy atom. The van der Waals surface area contributed by atoms with E-state index in [4.69, 9.17) is 5.73 Å². The van der Waals surface area contributed by atoms with E-state index in [0.29, 0.717) is 12.3 Å². The van der Waals surface area contributed by atoms with Crippen LogP contribution in [0.15, 0.2) is 17.5 Å². The Hall–Kier alpha value is -0.870. The zero-order chi connectivity index (χ0) is 13.0. The summed E-state index contributed by atoms with van der Waals surface area (Å²) in [6.45, 7) is 0.721. The quantitative estimate of drug-likeness (QED) is 0.910. The standard InChI is InChI=1S/C14H22N2OS/c1-16(10-12-6-4-8-18-12)14(17)9-11-5-2-3-7-13(11)15/h4,6,8,11,13H,2-3,5,7,9-10,15H2,1H3. The zero-order valence-electron chi connectivity index (χ0n) is 11.0. The molecule has 1 aliphatic rings. The largest absolute Gasteiger partial charge is 0.341 e. The van der Waals surface area contributed by atoms with E-state index in [9.17, 15) is 4.79 Å². The lowest BCUT2D eigenvalue weighted by molar-refractivity contribution is -0.131. The van der Waals surface area contributed by atoms with Crippen molar-refractivity contribution in [3.8, 4) is 0 Å². The Bertz CT molecular complexity index is 377. The van der Waals surface area contributed by atoms with Crippen LogP contribution in [0.3, 0.4) is 0 Å². The molecular weight excluding hydrogens is 244 g/mol. The Morgan fingerprint density at radius 3 is 2.94 bits per heavy atom. The molecule has 1 aliphatic carbocycles. The number of amides is 1. The monoisotopic (exact) mass is 266 g/mol. The second kappa shape index (κ2) is 6.34. The lowest BCUT2D eigenvalue weighted by atomic mass is 9.83. The molecule has 1 aromatic heterocycles. The molecule has 1 aromatic rings. The van der Waals surface area contributed by atoms with Crippen LogP contribution in [0.25, 0.3) is 0 Å². The van der Waals surface area contributed by atoms with Crippen LogP contribution >= 0.6 is 11.3 Å². The maximum absolute atomic E-state index is 12.2. The number of nitrogens with zero attached hydrogens (tertiary/aromatic N) is 1. The molecule has 18 heavy (non-hydrogen) atoms. The van der Waals surface area contributed by atoms with Gasteiger partial charge in [0.2, 0.25) is 5.91 Å². The molecule has 2 N–H and O–H groups in total. The highest BCUT2D eigenvalue weighted by atomic mass is 32.1. The van der Waals surface area contributed by atoms with Crippen molar-refractivity contribution in [2.75, 3.05) is 7.05 Å². The molecule has 2 atom stereocenters. The lowest BCUT2D eigenvalue weighted by Gasteiger charge is -2.29. The Morgan fingerprint density at radius 1 is 1.50 bits per heavy atom. The van der Waals surface area contributed by atoms with Gasteiger partial charge in [-0.3, -0.25) is 4.79 Å². The summed E-state index contributed by atoms with van der Waals surface area (Å²) < 4.78 is 0. The van der Waals surface area contributed by atoms with Crippen molar-refractivity contribution in [2.24, 2.45) is 11.7 Å². The average molecular weight is 266 g/mol. The van der Waals surface area contributed by atoms with Gasteiger partial charge in [-0.25, -0.2) is 0 Å². The molecule has 1 saturated carbocycles. The number of thiophene rings is 1. The number of hydrogen-bond donors (Lipinski definition) is 1. The van der Waals surface area contributed by atoms with Gasteiger partial charge in [0.25, 0.3) is 0 Å². The van der Waals surface area contributed by atoms with Gasteiger partial charge in [0, 0.05) is 24.4 Å². The first-order chi connectivity index (χ1) is 8.66. The molecule has 1 heterocycles. The van der Waals surface area contributed by atoms with Gasteiger partial charge in [-0.05, 0) is 30.2 Å². The molecule has 1 amide bonds. The fraction of sp³-hybridized carbons (Fsp3) is 0.643. The number of nitrogens with two attached hydrogens (primary N) is 1. The first-order valence-electron chi connectivity index (χ1n) is 6.68. The summed E-state index contributed by atoms with van der Waals surface area (Å²) in [5.41, 5.74) is 6.09. The fourth-order valence-corrected chi connectivity index (χ4v) is 3.35. The van der Waals surface area contributed by atoms with Gasteiger partial charge in [0.1, 0.15) is 0 Å². The first-order valence-corrected chi connectivity index (χ1v) is 7.56. The first kappa shape index (κ1) is 13.6. The SMILES string of the molecule is CN(Cc1cccs1)C(=O)CC1CCCCC1N. The van der Waals surface area contributed by atoms with Crippen molar-refractivity contribution in [3.63, 3.8) is 0 Å². The number of hydrogen-bond acceptors (Lipinski definition) is 3. The molecule has 2 rings (SSSR count). The van der Waals surface area contributed by atoms with E-state index >= 15 is 0 Å². The van der Waals surface area contributed by atoms with Gasteiger partial charge in [-0.2, -0.15) is 0 Å². The van der Waals surface area contributed by atoms with Crippen LogP contribution in [0.2, 0.25) is 0 Å². The van der Waals surface area contributed by atoms with Gasteiger partial charge in [-0.1, -0.05) is 18.9 Å². The second-order valence-electron chi connectivity index (χ2n) is 5.24. The molecule has 2 unspecified atom stereocenters. The van der Waals surface area contributed by atoms with Gasteiger partial charge in [-0.15, -0.1) is 11.3 Å². The molecule has 0 radical (unpaired) electrons. The Balaban J connectivity index is 1.83. The number of carbonyl (C=O) groups is 1. The molecular formula is C14H22N2OS. The van der Waals surface area contributed by atoms with Gasteiger partial charge in [0.15, 0.2) is 0 Å². The van der Waals surface area contributed by atoms with Crippen LogP contribution < -0.4 is 5.73 Å². The summed E-state index contributed by atoms with van der Waals surface area (Å²) in [4.78, 5) is 15.2. The topological polar surface area (TPSA) is 46.3 Å². The molecule has 0 spiro atoms. The van der Waals surface area contributed by atoms with E-state index in [2.05, 4.69) is 6.07 Å². The molecule has 0 aromatic carbocycles. The third kappa shape index (κ3) is 3.56. The summed E-state index contributed by atoms with van der Waals surface area (Å²) in [5.74, 6) is 0.614. The average Bonchev–Trinajstić information content (AvgIpc) is 2.84. The van der Waals surface area contributed by atoms with E-state index in [1.54, 1.807) is 11.3 Å². The highest BCUT2D eigenvalue weighted by molar-refractivity contribution is 7.09. The van der Waals surface area contributed by atoms with Crippen molar-refractivity contribution >= 4 is 17.2 Å². The van der Waals surface area contributed by atoms with E-state index in [1.165, 1.54) is 17.7 Å². The van der Waals surface area contributed by atoms with Crippen LogP contribution in [-0.2, 0) is 11.3 Å². The predicted molar refractivity (Wildman–Crippen MR) is 75.3 cm³/mol. The minimum Gasteiger partial charge on any atom is -0.341 e. The molecule has 3 nitrogen and oxygen atoms in total. The van der Waals surface area contributed by atoms with E-state index in [0.717, 1.165) is 19.4 Å². The summed E-state index contributed by atoms with van der Waals surface area (Å²) in [5, 5.41) is 2.05. The molecule has 100 valence electrons. The summed E-state index contributed by atoms with van der Waals surface area (Å²) in [7, 11) is 1.89. The van der Waals surface area contributed by atoms with E-state index in [-0.39, 0.29) is 11.9 Å². The van der Waals surface area contributed by atoms with Crippen molar-refractivity contribution < 1.29 is 4.79 Å². The molecule has 4 heteroatoms. The highest BCUT2D eigenvalue weighted by Crippen LogP contribution is 2.26. The normalized spacial score (nSPS) is 23.9. The van der Waals surface area contributed by atoms with Crippen molar-refractivity contribution in [1.82, 2.24) is 4.90 Å². The van der Waals surface area contributed by atoms with Crippen molar-refractivity contribution in [3.05, 3.63) is 22.4 Å². The summed E-state index contributed by atoms with van der Waals surface area (Å²) in [6, 6.07) is 4.31. The number of rotatable bonds is 4. The number of carbonyl (C=O) groups excluding carboxylic acids is 1. The molecule has 1 fully saturated rings. The summed E-state index contributed by atoms with van der Waals surface area (Å²) in [6.07, 6.45) is 5.24. The van der Waals surface area contributed by atoms with Crippen molar-refractivity contribution in [1.29, 1.82) is 0 Å². The van der Waals surface area contributed by atoms with Gasteiger partial charge >= 0.3 is 0 Å². The van der Waals surface area contributed by atoms with E-state index < -0.39 is 0 Å². The zero-order valence-corrected chi connectivity index (χ0v) is 11.8. The third-order valence-electron chi connectivity index (χ3n) is 3.80. The second-order valence-corrected chi connectivity index (χ2v) is 6.27. The maximum Gasteiger partial charge on any atom is 0.222 e. The molecule has 0 bridgehead atoms. The third-order valence-corrected chi connectivity index (χ3v) is 4.66. The van der Waals surface area contributed by atoms with Crippen LogP contribution in [0, 0.1) is 5.92 Å². The predicted octanol–water partition coefficient (Wildman–Crippen LogP) is 2.61. The molecule has 0 saturated heterocycles. The van der Waals surface area contributed by atoms with Crippen LogP contribution in [0.1, 0.15) is 37.0 Å². The van der Waals surface area contributed by atoms with Crippen LogP contribution in [0.5, 0.6) is 0 Å². The minimum atomic E-state index is 0.220. The maximum atomic E-state index is 12.2. The molecule has 0 aliphatic heterocycles.